The van der Waals surface area contributed by atoms with Crippen LogP contribution in [-0.4, -0.2) is 41.9 Å². The van der Waals surface area contributed by atoms with E-state index < -0.39 is 11.6 Å². The summed E-state index contributed by atoms with van der Waals surface area (Å²) >= 11 is 0. The molecule has 0 bridgehead atoms. The van der Waals surface area contributed by atoms with Crippen molar-refractivity contribution in [3.8, 4) is 0 Å². The molecule has 1 amide bonds. The first kappa shape index (κ1) is 15.9. The fraction of sp³-hybridized carbons (Fsp3) is 0.562. The van der Waals surface area contributed by atoms with Crippen molar-refractivity contribution in [3.63, 3.8) is 0 Å². The second-order valence-corrected chi connectivity index (χ2v) is 5.84. The van der Waals surface area contributed by atoms with Gasteiger partial charge in [-0.15, -0.1) is 0 Å². The van der Waals surface area contributed by atoms with E-state index in [1.807, 2.05) is 4.90 Å². The van der Waals surface area contributed by atoms with Crippen LogP contribution in [-0.2, 0) is 11.3 Å². The minimum absolute atomic E-state index is 0.0761. The van der Waals surface area contributed by atoms with Gasteiger partial charge < -0.3 is 4.90 Å². The monoisotopic (exact) mass is 296 g/mol. The van der Waals surface area contributed by atoms with E-state index in [9.17, 15) is 13.6 Å². The number of carbonyl (C=O) groups excluding carboxylic acids is 1. The van der Waals surface area contributed by atoms with Gasteiger partial charge in [-0.25, -0.2) is 8.78 Å². The maximum atomic E-state index is 13.6. The van der Waals surface area contributed by atoms with Gasteiger partial charge in [0.1, 0.15) is 11.6 Å². The van der Waals surface area contributed by atoms with Gasteiger partial charge in [0.15, 0.2) is 0 Å². The summed E-state index contributed by atoms with van der Waals surface area (Å²) in [6.07, 6.45) is 3.26. The summed E-state index contributed by atoms with van der Waals surface area (Å²) < 4.78 is 26.5. The highest BCUT2D eigenvalue weighted by Crippen LogP contribution is 2.17. The van der Waals surface area contributed by atoms with Crippen molar-refractivity contribution in [2.75, 3.05) is 20.1 Å². The summed E-state index contributed by atoms with van der Waals surface area (Å²) in [5.74, 6) is -1.08. The van der Waals surface area contributed by atoms with Crippen LogP contribution in [0.4, 0.5) is 8.78 Å². The van der Waals surface area contributed by atoms with E-state index >= 15 is 0 Å². The molecule has 1 atom stereocenters. The van der Waals surface area contributed by atoms with Crippen molar-refractivity contribution in [2.45, 2.75) is 38.8 Å². The first-order valence-electron chi connectivity index (χ1n) is 7.39. The molecule has 1 heterocycles. The third-order valence-corrected chi connectivity index (χ3v) is 3.98. The minimum atomic E-state index is -0.586. The molecule has 1 aliphatic heterocycles. The van der Waals surface area contributed by atoms with E-state index in [2.05, 4.69) is 6.92 Å². The number of hydrogen-bond acceptors (Lipinski definition) is 2. The molecule has 1 saturated heterocycles. The summed E-state index contributed by atoms with van der Waals surface area (Å²) in [6, 6.07) is 3.82. The molecule has 1 aromatic carbocycles. The first-order valence-corrected chi connectivity index (χ1v) is 7.39. The number of carbonyl (C=O) groups is 1. The largest absolute Gasteiger partial charge is 0.339 e. The van der Waals surface area contributed by atoms with E-state index in [-0.39, 0.29) is 18.5 Å². The highest BCUT2D eigenvalue weighted by molar-refractivity contribution is 5.78. The highest BCUT2D eigenvalue weighted by Gasteiger charge is 2.23. The summed E-state index contributed by atoms with van der Waals surface area (Å²) in [4.78, 5) is 15.9. The van der Waals surface area contributed by atoms with Crippen LogP contribution >= 0.6 is 0 Å². The van der Waals surface area contributed by atoms with E-state index in [1.54, 1.807) is 11.9 Å². The molecule has 2 rings (SSSR count). The van der Waals surface area contributed by atoms with Crippen LogP contribution in [0, 0.1) is 11.6 Å². The van der Waals surface area contributed by atoms with Crippen LogP contribution in [0.25, 0.3) is 0 Å². The zero-order chi connectivity index (χ0) is 15.4. The zero-order valence-electron chi connectivity index (χ0n) is 12.6. The zero-order valence-corrected chi connectivity index (χ0v) is 12.6. The van der Waals surface area contributed by atoms with Gasteiger partial charge in [0, 0.05) is 30.8 Å². The Hall–Kier alpha value is -1.49. The highest BCUT2D eigenvalue weighted by atomic mass is 19.1. The summed E-state index contributed by atoms with van der Waals surface area (Å²) in [5.41, 5.74) is 0.401. The van der Waals surface area contributed by atoms with Crippen molar-refractivity contribution in [2.24, 2.45) is 0 Å². The molecule has 0 spiro atoms. The number of piperidine rings is 1. The lowest BCUT2D eigenvalue weighted by molar-refractivity contribution is -0.135. The Labute approximate surface area is 124 Å². The lowest BCUT2D eigenvalue weighted by Gasteiger charge is -2.34. The molecular weight excluding hydrogens is 274 g/mol. The van der Waals surface area contributed by atoms with Crippen LogP contribution in [0.15, 0.2) is 18.2 Å². The first-order chi connectivity index (χ1) is 9.97. The molecule has 0 aromatic heterocycles. The van der Waals surface area contributed by atoms with Gasteiger partial charge in [0.2, 0.25) is 5.91 Å². The Balaban J connectivity index is 1.91. The second kappa shape index (κ2) is 6.98. The molecule has 0 radical (unpaired) electrons. The molecule has 0 aliphatic carbocycles. The summed E-state index contributed by atoms with van der Waals surface area (Å²) in [6.45, 7) is 3.41. The smallest absolute Gasteiger partial charge is 0.236 e. The SMILES string of the molecule is CC1CCCCN1C(=O)CN(C)Cc1ccc(F)cc1F. The molecule has 1 fully saturated rings. The predicted molar refractivity (Wildman–Crippen MR) is 77.7 cm³/mol. The normalized spacial score (nSPS) is 19.1. The van der Waals surface area contributed by atoms with Gasteiger partial charge in [-0.2, -0.15) is 0 Å². The number of hydrogen-bond donors (Lipinski definition) is 0. The van der Waals surface area contributed by atoms with Gasteiger partial charge in [0.05, 0.1) is 6.54 Å². The Bertz CT molecular complexity index is 507. The van der Waals surface area contributed by atoms with E-state index in [0.29, 0.717) is 12.1 Å². The van der Waals surface area contributed by atoms with Crippen molar-refractivity contribution in [1.82, 2.24) is 9.80 Å². The number of nitrogens with zero attached hydrogens (tertiary/aromatic N) is 2. The summed E-state index contributed by atoms with van der Waals surface area (Å²) in [5, 5.41) is 0. The molecule has 1 aliphatic rings. The van der Waals surface area contributed by atoms with Crippen LogP contribution < -0.4 is 0 Å². The molecule has 1 unspecified atom stereocenters. The number of likely N-dealkylation sites (tertiary alicyclic amines) is 1. The van der Waals surface area contributed by atoms with E-state index in [0.717, 1.165) is 25.5 Å². The quantitative estimate of drug-likeness (QED) is 0.853. The van der Waals surface area contributed by atoms with Crippen LogP contribution in [0.1, 0.15) is 31.7 Å². The molecule has 0 saturated carbocycles. The van der Waals surface area contributed by atoms with Crippen LogP contribution in [0.3, 0.4) is 0 Å². The van der Waals surface area contributed by atoms with E-state index in [4.69, 9.17) is 0 Å². The van der Waals surface area contributed by atoms with Crippen molar-refractivity contribution in [1.29, 1.82) is 0 Å². The second-order valence-electron chi connectivity index (χ2n) is 5.84. The third-order valence-electron chi connectivity index (χ3n) is 3.98. The molecule has 1 aromatic rings. The molecule has 5 heteroatoms. The number of halogens is 2. The van der Waals surface area contributed by atoms with Gasteiger partial charge in [0.25, 0.3) is 0 Å². The molecule has 21 heavy (non-hydrogen) atoms. The van der Waals surface area contributed by atoms with Gasteiger partial charge in [-0.1, -0.05) is 6.07 Å². The van der Waals surface area contributed by atoms with Crippen molar-refractivity contribution in [3.05, 3.63) is 35.4 Å². The lowest BCUT2D eigenvalue weighted by Crippen LogP contribution is -2.46. The van der Waals surface area contributed by atoms with Gasteiger partial charge in [-0.3, -0.25) is 9.69 Å². The average Bonchev–Trinajstić information content (AvgIpc) is 2.42. The third kappa shape index (κ3) is 4.24. The van der Waals surface area contributed by atoms with Crippen LogP contribution in [0.2, 0.25) is 0 Å². The molecular formula is C16H22F2N2O. The Morgan fingerprint density at radius 1 is 1.38 bits per heavy atom. The Kier molecular flexibility index (Phi) is 5.28. The molecule has 3 nitrogen and oxygen atoms in total. The van der Waals surface area contributed by atoms with Crippen LogP contribution in [0.5, 0.6) is 0 Å². The average molecular weight is 296 g/mol. The molecule has 0 N–H and O–H groups in total. The Morgan fingerprint density at radius 2 is 2.14 bits per heavy atom. The number of rotatable bonds is 4. The Morgan fingerprint density at radius 3 is 2.81 bits per heavy atom. The van der Waals surface area contributed by atoms with Crippen molar-refractivity contribution < 1.29 is 13.6 Å². The summed E-state index contributed by atoms with van der Waals surface area (Å²) in [7, 11) is 1.77. The van der Waals surface area contributed by atoms with Gasteiger partial charge >= 0.3 is 0 Å². The fourth-order valence-corrected chi connectivity index (χ4v) is 2.79. The number of benzene rings is 1. The van der Waals surface area contributed by atoms with Crippen molar-refractivity contribution >= 4 is 5.91 Å². The lowest BCUT2D eigenvalue weighted by atomic mass is 10.0. The minimum Gasteiger partial charge on any atom is -0.339 e. The predicted octanol–water partition coefficient (Wildman–Crippen LogP) is 2.80. The maximum Gasteiger partial charge on any atom is 0.236 e. The number of amides is 1. The fourth-order valence-electron chi connectivity index (χ4n) is 2.79. The standard InChI is InChI=1S/C16H22F2N2O/c1-12-5-3-4-8-20(12)16(21)11-19(2)10-13-6-7-14(17)9-15(13)18/h6-7,9,12H,3-5,8,10-11H2,1-2H3. The molecule has 116 valence electrons. The number of likely N-dealkylation sites (N-methyl/N-ethyl adjacent to an activating group) is 1. The van der Waals surface area contributed by atoms with Gasteiger partial charge in [-0.05, 0) is 39.3 Å². The topological polar surface area (TPSA) is 23.6 Å². The van der Waals surface area contributed by atoms with E-state index in [1.165, 1.54) is 18.6 Å². The maximum absolute atomic E-state index is 13.6.